The molecule has 18 heavy (non-hydrogen) atoms. The third-order valence-corrected chi connectivity index (χ3v) is 3.19. The SMILES string of the molecule is Cc1nn(C)c(C)c1CC(=O)NCC(C)(C)CO. The van der Waals surface area contributed by atoms with Gasteiger partial charge in [0.2, 0.25) is 5.91 Å². The number of aromatic nitrogens is 2. The molecule has 5 heteroatoms. The molecule has 0 unspecified atom stereocenters. The molecule has 1 amide bonds. The Morgan fingerprint density at radius 2 is 2.06 bits per heavy atom. The first-order valence-electron chi connectivity index (χ1n) is 6.13. The molecule has 0 aliphatic carbocycles. The van der Waals surface area contributed by atoms with Crippen LogP contribution in [0.4, 0.5) is 0 Å². The van der Waals surface area contributed by atoms with Crippen molar-refractivity contribution in [1.82, 2.24) is 15.1 Å². The first kappa shape index (κ1) is 14.7. The summed E-state index contributed by atoms with van der Waals surface area (Å²) in [5.74, 6) is -0.0317. The van der Waals surface area contributed by atoms with Crippen LogP contribution in [-0.2, 0) is 18.3 Å². The maximum absolute atomic E-state index is 11.9. The minimum absolute atomic E-state index is 0.0317. The lowest BCUT2D eigenvalue weighted by Crippen LogP contribution is -2.36. The van der Waals surface area contributed by atoms with Crippen molar-refractivity contribution >= 4 is 5.91 Å². The number of amides is 1. The fourth-order valence-electron chi connectivity index (χ4n) is 1.69. The van der Waals surface area contributed by atoms with E-state index >= 15 is 0 Å². The highest BCUT2D eigenvalue weighted by molar-refractivity contribution is 5.79. The van der Waals surface area contributed by atoms with Crippen LogP contribution in [0.1, 0.15) is 30.8 Å². The van der Waals surface area contributed by atoms with Crippen molar-refractivity contribution in [3.8, 4) is 0 Å². The van der Waals surface area contributed by atoms with Crippen LogP contribution in [0.5, 0.6) is 0 Å². The van der Waals surface area contributed by atoms with Crippen molar-refractivity contribution in [3.05, 3.63) is 17.0 Å². The van der Waals surface area contributed by atoms with E-state index in [1.54, 1.807) is 4.68 Å². The molecule has 0 atom stereocenters. The zero-order valence-electron chi connectivity index (χ0n) is 11.9. The number of hydrogen-bond donors (Lipinski definition) is 2. The Morgan fingerprint density at radius 3 is 2.50 bits per heavy atom. The molecule has 1 aromatic heterocycles. The lowest BCUT2D eigenvalue weighted by atomic mass is 9.95. The summed E-state index contributed by atoms with van der Waals surface area (Å²) in [7, 11) is 1.87. The Bertz CT molecular complexity index is 436. The molecule has 1 heterocycles. The van der Waals surface area contributed by atoms with Crippen LogP contribution in [0.2, 0.25) is 0 Å². The van der Waals surface area contributed by atoms with Gasteiger partial charge in [0.1, 0.15) is 0 Å². The van der Waals surface area contributed by atoms with Crippen molar-refractivity contribution in [2.75, 3.05) is 13.2 Å². The Morgan fingerprint density at radius 1 is 1.44 bits per heavy atom. The third-order valence-electron chi connectivity index (χ3n) is 3.19. The van der Waals surface area contributed by atoms with Gasteiger partial charge in [0.25, 0.3) is 0 Å². The predicted octanol–water partition coefficient (Wildman–Crippen LogP) is 0.714. The number of aryl methyl sites for hydroxylation is 2. The molecule has 0 aromatic carbocycles. The summed E-state index contributed by atoms with van der Waals surface area (Å²) >= 11 is 0. The molecule has 0 saturated carbocycles. The highest BCUT2D eigenvalue weighted by Gasteiger charge is 2.19. The average Bonchev–Trinajstić information content (AvgIpc) is 2.54. The smallest absolute Gasteiger partial charge is 0.224 e. The molecule has 0 aliphatic heterocycles. The summed E-state index contributed by atoms with van der Waals surface area (Å²) in [6.07, 6.45) is 0.340. The van der Waals surface area contributed by atoms with Gasteiger partial charge in [-0.2, -0.15) is 5.10 Å². The van der Waals surface area contributed by atoms with Crippen LogP contribution in [0.15, 0.2) is 0 Å². The summed E-state index contributed by atoms with van der Waals surface area (Å²) in [4.78, 5) is 11.9. The molecular formula is C13H23N3O2. The van der Waals surface area contributed by atoms with Crippen molar-refractivity contribution in [1.29, 1.82) is 0 Å². The van der Waals surface area contributed by atoms with E-state index < -0.39 is 0 Å². The molecule has 0 saturated heterocycles. The summed E-state index contributed by atoms with van der Waals surface area (Å²) in [5, 5.41) is 16.3. The van der Waals surface area contributed by atoms with Gasteiger partial charge in [-0.15, -0.1) is 0 Å². The quantitative estimate of drug-likeness (QED) is 0.812. The van der Waals surface area contributed by atoms with E-state index in [9.17, 15) is 4.79 Å². The molecule has 2 N–H and O–H groups in total. The van der Waals surface area contributed by atoms with Crippen LogP contribution in [0.3, 0.4) is 0 Å². The summed E-state index contributed by atoms with van der Waals surface area (Å²) in [6.45, 7) is 8.22. The predicted molar refractivity (Wildman–Crippen MR) is 70.3 cm³/mol. The molecular weight excluding hydrogens is 230 g/mol. The van der Waals surface area contributed by atoms with Crippen molar-refractivity contribution in [2.24, 2.45) is 12.5 Å². The van der Waals surface area contributed by atoms with Crippen LogP contribution < -0.4 is 5.32 Å². The first-order chi connectivity index (χ1) is 8.26. The Kier molecular flexibility index (Phi) is 4.51. The second-order valence-electron chi connectivity index (χ2n) is 5.55. The summed E-state index contributed by atoms with van der Waals surface area (Å²) < 4.78 is 1.79. The minimum Gasteiger partial charge on any atom is -0.396 e. The Hall–Kier alpha value is -1.36. The van der Waals surface area contributed by atoms with Gasteiger partial charge in [-0.3, -0.25) is 9.48 Å². The molecule has 5 nitrogen and oxygen atoms in total. The zero-order valence-corrected chi connectivity index (χ0v) is 11.9. The number of carbonyl (C=O) groups excluding carboxylic acids is 1. The maximum Gasteiger partial charge on any atom is 0.224 e. The van der Waals surface area contributed by atoms with E-state index in [0.717, 1.165) is 17.0 Å². The van der Waals surface area contributed by atoms with E-state index in [1.807, 2.05) is 34.7 Å². The van der Waals surface area contributed by atoms with Gasteiger partial charge >= 0.3 is 0 Å². The highest BCUT2D eigenvalue weighted by Crippen LogP contribution is 2.14. The second-order valence-corrected chi connectivity index (χ2v) is 5.55. The van der Waals surface area contributed by atoms with Crippen LogP contribution >= 0.6 is 0 Å². The normalized spacial score (nSPS) is 11.7. The van der Waals surface area contributed by atoms with E-state index in [1.165, 1.54) is 0 Å². The molecule has 0 spiro atoms. The largest absolute Gasteiger partial charge is 0.396 e. The topological polar surface area (TPSA) is 67.2 Å². The van der Waals surface area contributed by atoms with E-state index in [-0.39, 0.29) is 17.9 Å². The molecule has 0 radical (unpaired) electrons. The fourth-order valence-corrected chi connectivity index (χ4v) is 1.69. The third kappa shape index (κ3) is 3.57. The number of nitrogens with one attached hydrogen (secondary N) is 1. The van der Waals surface area contributed by atoms with Gasteiger partial charge in [0, 0.05) is 36.9 Å². The van der Waals surface area contributed by atoms with Gasteiger partial charge in [0.15, 0.2) is 0 Å². The van der Waals surface area contributed by atoms with Crippen LogP contribution in [0, 0.1) is 19.3 Å². The van der Waals surface area contributed by atoms with Gasteiger partial charge < -0.3 is 10.4 Å². The van der Waals surface area contributed by atoms with E-state index in [0.29, 0.717) is 13.0 Å². The number of carbonyl (C=O) groups is 1. The molecule has 0 fully saturated rings. The van der Waals surface area contributed by atoms with Crippen molar-refractivity contribution in [3.63, 3.8) is 0 Å². The van der Waals surface area contributed by atoms with Crippen molar-refractivity contribution in [2.45, 2.75) is 34.1 Å². The average molecular weight is 253 g/mol. The molecule has 0 bridgehead atoms. The van der Waals surface area contributed by atoms with Gasteiger partial charge in [-0.1, -0.05) is 13.8 Å². The molecule has 102 valence electrons. The standard InChI is InChI=1S/C13H23N3O2/c1-9-11(10(2)16(5)15-9)6-12(18)14-7-13(3,4)8-17/h17H,6-8H2,1-5H3,(H,14,18). The monoisotopic (exact) mass is 253 g/mol. The second kappa shape index (κ2) is 5.52. The van der Waals surface area contributed by atoms with Crippen LogP contribution in [0.25, 0.3) is 0 Å². The number of nitrogens with zero attached hydrogens (tertiary/aromatic N) is 2. The van der Waals surface area contributed by atoms with Gasteiger partial charge in [-0.05, 0) is 13.8 Å². The number of hydrogen-bond acceptors (Lipinski definition) is 3. The summed E-state index contributed by atoms with van der Waals surface area (Å²) in [6, 6.07) is 0. The number of aliphatic hydroxyl groups excluding tert-OH is 1. The lowest BCUT2D eigenvalue weighted by Gasteiger charge is -2.21. The van der Waals surface area contributed by atoms with E-state index in [2.05, 4.69) is 10.4 Å². The maximum atomic E-state index is 11.9. The molecule has 0 aliphatic rings. The minimum atomic E-state index is -0.283. The Labute approximate surface area is 108 Å². The Balaban J connectivity index is 2.60. The van der Waals surface area contributed by atoms with Gasteiger partial charge in [-0.25, -0.2) is 0 Å². The number of aliphatic hydroxyl groups is 1. The number of rotatable bonds is 5. The summed E-state index contributed by atoms with van der Waals surface area (Å²) in [5.41, 5.74) is 2.61. The molecule has 1 rings (SSSR count). The lowest BCUT2D eigenvalue weighted by molar-refractivity contribution is -0.121. The highest BCUT2D eigenvalue weighted by atomic mass is 16.3. The zero-order chi connectivity index (χ0) is 13.9. The fraction of sp³-hybridized carbons (Fsp3) is 0.692. The molecule has 1 aromatic rings. The first-order valence-corrected chi connectivity index (χ1v) is 6.13. The van der Waals surface area contributed by atoms with Gasteiger partial charge in [0.05, 0.1) is 12.1 Å². The van der Waals surface area contributed by atoms with Crippen LogP contribution in [-0.4, -0.2) is 33.9 Å². The van der Waals surface area contributed by atoms with Crippen molar-refractivity contribution < 1.29 is 9.90 Å². The van der Waals surface area contributed by atoms with E-state index in [4.69, 9.17) is 5.11 Å².